The number of morpholine rings is 1. The Hall–Kier alpha value is -1.37. The molecule has 0 saturated carbocycles. The molecule has 1 aliphatic heterocycles. The summed E-state index contributed by atoms with van der Waals surface area (Å²) < 4.78 is 5.38. The van der Waals surface area contributed by atoms with Crippen LogP contribution in [-0.4, -0.2) is 37.7 Å². The first-order valence-corrected chi connectivity index (χ1v) is 7.46. The lowest BCUT2D eigenvalue weighted by atomic mass is 9.70. The van der Waals surface area contributed by atoms with E-state index in [2.05, 4.69) is 36.9 Å². The van der Waals surface area contributed by atoms with Crippen molar-refractivity contribution in [2.24, 2.45) is 5.92 Å². The number of nitrogens with zero attached hydrogens (tertiary/aromatic N) is 2. The van der Waals surface area contributed by atoms with Crippen LogP contribution in [0.4, 0.5) is 0 Å². The third kappa shape index (κ3) is 3.20. The summed E-state index contributed by atoms with van der Waals surface area (Å²) in [6.07, 6.45) is 0.880. The zero-order chi connectivity index (χ0) is 14.4. The zero-order valence-electron chi connectivity index (χ0n) is 12.5. The molecule has 2 rings (SSSR count). The van der Waals surface area contributed by atoms with Gasteiger partial charge in [0.2, 0.25) is 0 Å². The first-order valence-electron chi connectivity index (χ1n) is 7.46. The third-order valence-corrected chi connectivity index (χ3v) is 4.40. The standard InChI is InChI=1S/C17H24N2O/c1-15(2)17(14-18,16-6-4-3-5-7-16)8-9-19-10-12-20-13-11-19/h3-7,15H,8-13H2,1-2H3/t17-/m0/s1. The van der Waals surface area contributed by atoms with E-state index in [4.69, 9.17) is 4.74 Å². The Morgan fingerprint density at radius 2 is 1.90 bits per heavy atom. The summed E-state index contributed by atoms with van der Waals surface area (Å²) in [6, 6.07) is 12.8. The van der Waals surface area contributed by atoms with Crippen molar-refractivity contribution in [3.8, 4) is 6.07 Å². The first kappa shape index (κ1) is 15.0. The molecule has 0 amide bonds. The summed E-state index contributed by atoms with van der Waals surface area (Å²) in [6.45, 7) is 8.84. The van der Waals surface area contributed by atoms with Gasteiger partial charge in [0.25, 0.3) is 0 Å². The summed E-state index contributed by atoms with van der Waals surface area (Å²) in [7, 11) is 0. The highest BCUT2D eigenvalue weighted by molar-refractivity contribution is 5.33. The fourth-order valence-corrected chi connectivity index (χ4v) is 2.91. The molecule has 108 valence electrons. The van der Waals surface area contributed by atoms with Gasteiger partial charge in [-0.3, -0.25) is 4.90 Å². The summed E-state index contributed by atoms with van der Waals surface area (Å²) in [5.74, 6) is 0.302. The second-order valence-electron chi connectivity index (χ2n) is 5.81. The van der Waals surface area contributed by atoms with Gasteiger partial charge in [0.05, 0.1) is 24.7 Å². The minimum atomic E-state index is -0.389. The average molecular weight is 272 g/mol. The van der Waals surface area contributed by atoms with Gasteiger partial charge in [-0.25, -0.2) is 0 Å². The van der Waals surface area contributed by atoms with Gasteiger partial charge in [0.1, 0.15) is 0 Å². The lowest BCUT2D eigenvalue weighted by Crippen LogP contribution is -2.41. The molecule has 1 saturated heterocycles. The maximum absolute atomic E-state index is 9.84. The minimum absolute atomic E-state index is 0.302. The molecule has 1 aromatic rings. The Labute approximate surface area is 122 Å². The lowest BCUT2D eigenvalue weighted by Gasteiger charge is -2.35. The largest absolute Gasteiger partial charge is 0.379 e. The topological polar surface area (TPSA) is 36.3 Å². The van der Waals surface area contributed by atoms with E-state index in [9.17, 15) is 5.26 Å². The Balaban J connectivity index is 2.13. The maximum Gasteiger partial charge on any atom is 0.0857 e. The third-order valence-electron chi connectivity index (χ3n) is 4.40. The van der Waals surface area contributed by atoms with Crippen molar-refractivity contribution < 1.29 is 4.74 Å². The fourth-order valence-electron chi connectivity index (χ4n) is 2.91. The van der Waals surface area contributed by atoms with E-state index in [1.54, 1.807) is 0 Å². The Morgan fingerprint density at radius 3 is 2.45 bits per heavy atom. The molecule has 0 aromatic heterocycles. The Bertz CT molecular complexity index is 446. The number of rotatable bonds is 5. The van der Waals surface area contributed by atoms with E-state index in [0.717, 1.165) is 44.8 Å². The summed E-state index contributed by atoms with van der Waals surface area (Å²) in [5.41, 5.74) is 0.755. The zero-order valence-corrected chi connectivity index (χ0v) is 12.5. The van der Waals surface area contributed by atoms with Crippen LogP contribution in [0.2, 0.25) is 0 Å². The Morgan fingerprint density at radius 1 is 1.25 bits per heavy atom. The molecule has 20 heavy (non-hydrogen) atoms. The van der Waals surface area contributed by atoms with Gasteiger partial charge < -0.3 is 4.74 Å². The summed E-state index contributed by atoms with van der Waals surface area (Å²) in [4.78, 5) is 2.40. The molecule has 1 aromatic carbocycles. The van der Waals surface area contributed by atoms with Crippen molar-refractivity contribution in [1.29, 1.82) is 5.26 Å². The monoisotopic (exact) mass is 272 g/mol. The van der Waals surface area contributed by atoms with Gasteiger partial charge in [-0.05, 0) is 17.9 Å². The smallest absolute Gasteiger partial charge is 0.0857 e. The van der Waals surface area contributed by atoms with Crippen molar-refractivity contribution in [2.75, 3.05) is 32.8 Å². The fraction of sp³-hybridized carbons (Fsp3) is 0.588. The van der Waals surface area contributed by atoms with E-state index in [0.29, 0.717) is 5.92 Å². The molecular weight excluding hydrogens is 248 g/mol. The van der Waals surface area contributed by atoms with Crippen LogP contribution < -0.4 is 0 Å². The van der Waals surface area contributed by atoms with Crippen molar-refractivity contribution in [2.45, 2.75) is 25.7 Å². The van der Waals surface area contributed by atoms with Crippen molar-refractivity contribution >= 4 is 0 Å². The second kappa shape index (κ2) is 6.88. The molecule has 0 spiro atoms. The summed E-state index contributed by atoms with van der Waals surface area (Å²) >= 11 is 0. The minimum Gasteiger partial charge on any atom is -0.379 e. The number of benzene rings is 1. The van der Waals surface area contributed by atoms with Gasteiger partial charge in [0, 0.05) is 19.6 Å². The molecule has 0 bridgehead atoms. The number of ether oxygens (including phenoxy) is 1. The van der Waals surface area contributed by atoms with Crippen LogP contribution in [0.25, 0.3) is 0 Å². The van der Waals surface area contributed by atoms with E-state index < -0.39 is 0 Å². The lowest BCUT2D eigenvalue weighted by molar-refractivity contribution is 0.0345. The van der Waals surface area contributed by atoms with E-state index >= 15 is 0 Å². The van der Waals surface area contributed by atoms with Crippen LogP contribution in [0.1, 0.15) is 25.8 Å². The highest BCUT2D eigenvalue weighted by atomic mass is 16.5. The van der Waals surface area contributed by atoms with Gasteiger partial charge in [-0.1, -0.05) is 44.2 Å². The number of hydrogen-bond acceptors (Lipinski definition) is 3. The van der Waals surface area contributed by atoms with E-state index in [1.807, 2.05) is 18.2 Å². The molecule has 1 fully saturated rings. The maximum atomic E-state index is 9.84. The molecule has 3 nitrogen and oxygen atoms in total. The van der Waals surface area contributed by atoms with E-state index in [-0.39, 0.29) is 5.41 Å². The van der Waals surface area contributed by atoms with Gasteiger partial charge >= 0.3 is 0 Å². The van der Waals surface area contributed by atoms with Gasteiger partial charge in [0.15, 0.2) is 0 Å². The SMILES string of the molecule is CC(C)[C@@](C#N)(CCN1CCOCC1)c1ccccc1. The highest BCUT2D eigenvalue weighted by Gasteiger charge is 2.36. The van der Waals surface area contributed by atoms with Gasteiger partial charge in [-0.15, -0.1) is 0 Å². The molecule has 0 radical (unpaired) electrons. The molecule has 1 atom stereocenters. The van der Waals surface area contributed by atoms with Crippen molar-refractivity contribution in [3.63, 3.8) is 0 Å². The molecule has 1 aliphatic rings. The van der Waals surface area contributed by atoms with Crippen molar-refractivity contribution in [3.05, 3.63) is 35.9 Å². The van der Waals surface area contributed by atoms with Crippen LogP contribution in [0.15, 0.2) is 30.3 Å². The first-order chi connectivity index (χ1) is 9.69. The van der Waals surface area contributed by atoms with Crippen LogP contribution in [0, 0.1) is 17.2 Å². The molecule has 0 aliphatic carbocycles. The van der Waals surface area contributed by atoms with Gasteiger partial charge in [-0.2, -0.15) is 5.26 Å². The Kier molecular flexibility index (Phi) is 5.17. The highest BCUT2D eigenvalue weighted by Crippen LogP contribution is 2.35. The molecule has 1 heterocycles. The predicted octanol–water partition coefficient (Wildman–Crippen LogP) is 2.83. The number of hydrogen-bond donors (Lipinski definition) is 0. The van der Waals surface area contributed by atoms with Crippen LogP contribution in [-0.2, 0) is 10.2 Å². The molecule has 0 unspecified atom stereocenters. The predicted molar refractivity (Wildman–Crippen MR) is 80.4 cm³/mol. The average Bonchev–Trinajstić information content (AvgIpc) is 2.50. The van der Waals surface area contributed by atoms with Crippen molar-refractivity contribution in [1.82, 2.24) is 4.90 Å². The quantitative estimate of drug-likeness (QED) is 0.827. The van der Waals surface area contributed by atoms with Crippen LogP contribution >= 0.6 is 0 Å². The summed E-state index contributed by atoms with van der Waals surface area (Å²) in [5, 5.41) is 9.84. The van der Waals surface area contributed by atoms with Crippen LogP contribution in [0.5, 0.6) is 0 Å². The second-order valence-corrected chi connectivity index (χ2v) is 5.81. The molecular formula is C17H24N2O. The van der Waals surface area contributed by atoms with Crippen LogP contribution in [0.3, 0.4) is 0 Å². The molecule has 3 heteroatoms. The van der Waals surface area contributed by atoms with E-state index in [1.165, 1.54) is 0 Å². The normalized spacial score (nSPS) is 19.5. The molecule has 0 N–H and O–H groups in total. The number of nitriles is 1.